The van der Waals surface area contributed by atoms with Gasteiger partial charge in [-0.25, -0.2) is 0 Å². The van der Waals surface area contributed by atoms with Gasteiger partial charge in [-0.3, -0.25) is 5.43 Å². The number of unbranched alkanes of at least 4 members (excludes halogenated alkanes) is 11. The van der Waals surface area contributed by atoms with Crippen molar-refractivity contribution in [1.82, 2.24) is 0 Å². The Morgan fingerprint density at radius 3 is 1.90 bits per heavy atom. The molecule has 0 saturated carbocycles. The van der Waals surface area contributed by atoms with E-state index in [4.69, 9.17) is 4.74 Å². The van der Waals surface area contributed by atoms with Crippen LogP contribution in [-0.2, 0) is 0 Å². The topological polar surface area (TPSA) is 33.3 Å². The normalized spacial score (nSPS) is 10.8. The molecule has 0 spiro atoms. The summed E-state index contributed by atoms with van der Waals surface area (Å²) in [7, 11) is 0. The maximum atomic E-state index is 6.06. The lowest BCUT2D eigenvalue weighted by atomic mass is 10.1. The smallest absolute Gasteiger partial charge is 0.144 e. The molecule has 0 atom stereocenters. The standard InChI is InChI=1S/C28H44N2O/c1-4-5-6-7-8-9-10-11-12-13-14-17-22-31-28-19-16-15-18-27(28)30-29-26-21-20-24(2)25(3)23-26/h15-16,18-21,23,29-30H,4-14,17,22H2,1-3H3. The molecule has 3 heteroatoms. The van der Waals surface area contributed by atoms with E-state index in [2.05, 4.69) is 49.8 Å². The second-order valence-corrected chi connectivity index (χ2v) is 8.78. The lowest BCUT2D eigenvalue weighted by Crippen LogP contribution is -2.10. The molecule has 0 bridgehead atoms. The van der Waals surface area contributed by atoms with Crippen LogP contribution in [0.25, 0.3) is 0 Å². The van der Waals surface area contributed by atoms with Crippen LogP contribution in [0.15, 0.2) is 42.5 Å². The minimum absolute atomic E-state index is 0.778. The number of hydrogen-bond donors (Lipinski definition) is 2. The Morgan fingerprint density at radius 1 is 0.645 bits per heavy atom. The first kappa shape index (κ1) is 25.1. The van der Waals surface area contributed by atoms with Crippen LogP contribution in [0.5, 0.6) is 5.75 Å². The summed E-state index contributed by atoms with van der Waals surface area (Å²) in [6.07, 6.45) is 16.3. The number of anilines is 2. The molecule has 31 heavy (non-hydrogen) atoms. The quantitative estimate of drug-likeness (QED) is 0.196. The molecule has 3 nitrogen and oxygen atoms in total. The van der Waals surface area contributed by atoms with Crippen molar-refractivity contribution < 1.29 is 4.74 Å². The second-order valence-electron chi connectivity index (χ2n) is 8.78. The highest BCUT2D eigenvalue weighted by atomic mass is 16.5. The summed E-state index contributed by atoms with van der Waals surface area (Å²) >= 11 is 0. The highest BCUT2D eigenvalue weighted by molar-refractivity contribution is 5.60. The van der Waals surface area contributed by atoms with Gasteiger partial charge < -0.3 is 10.2 Å². The third-order valence-corrected chi connectivity index (χ3v) is 5.99. The molecule has 2 rings (SSSR count). The fraction of sp³-hybridized carbons (Fsp3) is 0.571. The summed E-state index contributed by atoms with van der Waals surface area (Å²) in [5.74, 6) is 0.905. The van der Waals surface area contributed by atoms with Crippen LogP contribution in [-0.4, -0.2) is 6.61 Å². The number of ether oxygens (including phenoxy) is 1. The molecular weight excluding hydrogens is 380 g/mol. The van der Waals surface area contributed by atoms with Crippen LogP contribution in [0.2, 0.25) is 0 Å². The van der Waals surface area contributed by atoms with Crippen molar-refractivity contribution in [3.63, 3.8) is 0 Å². The van der Waals surface area contributed by atoms with E-state index >= 15 is 0 Å². The number of rotatable bonds is 17. The van der Waals surface area contributed by atoms with Gasteiger partial charge in [0.2, 0.25) is 0 Å². The van der Waals surface area contributed by atoms with Gasteiger partial charge in [0.05, 0.1) is 18.0 Å². The average molecular weight is 425 g/mol. The Morgan fingerprint density at radius 2 is 1.26 bits per heavy atom. The Labute approximate surface area is 191 Å². The van der Waals surface area contributed by atoms with E-state index in [1.54, 1.807) is 0 Å². The number of hydrazine groups is 1. The van der Waals surface area contributed by atoms with Gasteiger partial charge in [0.25, 0.3) is 0 Å². The molecule has 0 unspecified atom stereocenters. The van der Waals surface area contributed by atoms with Crippen molar-refractivity contribution in [2.75, 3.05) is 17.5 Å². The van der Waals surface area contributed by atoms with E-state index in [0.29, 0.717) is 0 Å². The molecule has 0 fully saturated rings. The van der Waals surface area contributed by atoms with Gasteiger partial charge in [0, 0.05) is 0 Å². The van der Waals surface area contributed by atoms with E-state index in [1.807, 2.05) is 24.3 Å². The molecule has 2 N–H and O–H groups in total. The minimum Gasteiger partial charge on any atom is -0.491 e. The maximum absolute atomic E-state index is 6.06. The average Bonchev–Trinajstić information content (AvgIpc) is 2.78. The zero-order chi connectivity index (χ0) is 22.2. The van der Waals surface area contributed by atoms with Crippen molar-refractivity contribution in [2.24, 2.45) is 0 Å². The molecule has 2 aromatic rings. The van der Waals surface area contributed by atoms with Crippen molar-refractivity contribution in [1.29, 1.82) is 0 Å². The van der Waals surface area contributed by atoms with Crippen molar-refractivity contribution in [3.05, 3.63) is 53.6 Å². The van der Waals surface area contributed by atoms with E-state index in [0.717, 1.165) is 30.2 Å². The van der Waals surface area contributed by atoms with Gasteiger partial charge in [-0.15, -0.1) is 0 Å². The number of nitrogens with one attached hydrogen (secondary N) is 2. The highest BCUT2D eigenvalue weighted by Crippen LogP contribution is 2.25. The second kappa shape index (κ2) is 15.6. The zero-order valence-corrected chi connectivity index (χ0v) is 20.1. The van der Waals surface area contributed by atoms with Crippen LogP contribution >= 0.6 is 0 Å². The van der Waals surface area contributed by atoms with E-state index < -0.39 is 0 Å². The minimum atomic E-state index is 0.778. The van der Waals surface area contributed by atoms with Gasteiger partial charge in [0.15, 0.2) is 0 Å². The molecule has 0 heterocycles. The van der Waals surface area contributed by atoms with Gasteiger partial charge in [-0.1, -0.05) is 95.8 Å². The number of aryl methyl sites for hydroxylation is 2. The van der Waals surface area contributed by atoms with Gasteiger partial charge >= 0.3 is 0 Å². The first-order chi connectivity index (χ1) is 15.2. The fourth-order valence-electron chi connectivity index (χ4n) is 3.78. The molecule has 0 aliphatic rings. The fourth-order valence-corrected chi connectivity index (χ4v) is 3.78. The largest absolute Gasteiger partial charge is 0.491 e. The van der Waals surface area contributed by atoms with Crippen molar-refractivity contribution in [3.8, 4) is 5.75 Å². The molecule has 0 aliphatic carbocycles. The predicted molar refractivity (Wildman–Crippen MR) is 136 cm³/mol. The molecule has 2 aromatic carbocycles. The van der Waals surface area contributed by atoms with Crippen LogP contribution in [0.1, 0.15) is 95.1 Å². The first-order valence-electron chi connectivity index (χ1n) is 12.5. The Hall–Kier alpha value is -2.16. The summed E-state index contributed by atoms with van der Waals surface area (Å²) < 4.78 is 6.06. The maximum Gasteiger partial charge on any atom is 0.144 e. The van der Waals surface area contributed by atoms with E-state index in [9.17, 15) is 0 Å². The number of hydrogen-bond acceptors (Lipinski definition) is 3. The first-order valence-corrected chi connectivity index (χ1v) is 12.5. The lowest BCUT2D eigenvalue weighted by Gasteiger charge is -2.15. The Bertz CT molecular complexity index is 729. The monoisotopic (exact) mass is 424 g/mol. The molecule has 172 valence electrons. The third-order valence-electron chi connectivity index (χ3n) is 5.99. The van der Waals surface area contributed by atoms with Gasteiger partial charge in [-0.05, 0) is 55.7 Å². The zero-order valence-electron chi connectivity index (χ0n) is 20.1. The number of benzene rings is 2. The van der Waals surface area contributed by atoms with Crippen LogP contribution in [0.4, 0.5) is 11.4 Å². The Balaban J connectivity index is 1.56. The molecule has 0 amide bonds. The molecule has 0 aromatic heterocycles. The molecule has 0 aliphatic heterocycles. The SMILES string of the molecule is CCCCCCCCCCCCCCOc1ccccc1NNc1ccc(C)c(C)c1. The molecule has 0 saturated heterocycles. The summed E-state index contributed by atoms with van der Waals surface area (Å²) in [6, 6.07) is 14.5. The van der Waals surface area contributed by atoms with Crippen LogP contribution < -0.4 is 15.6 Å². The third kappa shape index (κ3) is 10.6. The van der Waals surface area contributed by atoms with Crippen LogP contribution in [0.3, 0.4) is 0 Å². The van der Waals surface area contributed by atoms with E-state index in [1.165, 1.54) is 81.8 Å². The van der Waals surface area contributed by atoms with Crippen molar-refractivity contribution >= 4 is 11.4 Å². The summed E-state index contributed by atoms with van der Waals surface area (Å²) in [5, 5.41) is 0. The van der Waals surface area contributed by atoms with E-state index in [-0.39, 0.29) is 0 Å². The lowest BCUT2D eigenvalue weighted by molar-refractivity contribution is 0.305. The van der Waals surface area contributed by atoms with Gasteiger partial charge in [0.1, 0.15) is 5.75 Å². The summed E-state index contributed by atoms with van der Waals surface area (Å²) in [5.41, 5.74) is 11.2. The van der Waals surface area contributed by atoms with Crippen LogP contribution in [0, 0.1) is 13.8 Å². The summed E-state index contributed by atoms with van der Waals surface area (Å²) in [4.78, 5) is 0. The van der Waals surface area contributed by atoms with Gasteiger partial charge in [-0.2, -0.15) is 0 Å². The Kier molecular flexibility index (Phi) is 12.6. The highest BCUT2D eigenvalue weighted by Gasteiger charge is 2.03. The molecular formula is C28H44N2O. The molecule has 0 radical (unpaired) electrons. The number of para-hydroxylation sites is 2. The predicted octanol–water partition coefficient (Wildman–Crippen LogP) is 8.82. The van der Waals surface area contributed by atoms with Crippen molar-refractivity contribution in [2.45, 2.75) is 97.8 Å². The summed E-state index contributed by atoms with van der Waals surface area (Å²) in [6.45, 7) is 7.32.